The lowest BCUT2D eigenvalue weighted by Gasteiger charge is -2.13. The van der Waals surface area contributed by atoms with Crippen LogP contribution in [0.1, 0.15) is 64.4 Å². The minimum absolute atomic E-state index is 0.0734. The van der Waals surface area contributed by atoms with Crippen LogP contribution in [0.2, 0.25) is 0 Å². The maximum Gasteiger partial charge on any atom is 0.251 e. The van der Waals surface area contributed by atoms with Crippen molar-refractivity contribution < 1.29 is 9.59 Å². The second kappa shape index (κ2) is 8.14. The van der Waals surface area contributed by atoms with Gasteiger partial charge in [0, 0.05) is 23.5 Å². The van der Waals surface area contributed by atoms with Crippen molar-refractivity contribution in [3.8, 4) is 0 Å². The van der Waals surface area contributed by atoms with Crippen molar-refractivity contribution >= 4 is 28.8 Å². The standard InChI is InChI=1S/C22H26N6O2/c1-3-4-5-16-17(20(23)29)11-28-19(16)21(24-12-25-28)27-18-10-14(7-6-13(18)2)22(30)26-15-8-9-15/h6-7,10-12,15H,3-5,8-9H2,1-2H3,(H2,23,29)(H,26,30)(H,24,25,27). The van der Waals surface area contributed by atoms with Gasteiger partial charge < -0.3 is 16.4 Å². The summed E-state index contributed by atoms with van der Waals surface area (Å²) in [5.74, 6) is 0.0228. The third-order valence-electron chi connectivity index (χ3n) is 5.39. The molecule has 8 nitrogen and oxygen atoms in total. The second-order valence-electron chi connectivity index (χ2n) is 7.79. The summed E-state index contributed by atoms with van der Waals surface area (Å²) in [5, 5.41) is 10.6. The number of rotatable bonds is 8. The predicted octanol–water partition coefficient (Wildman–Crippen LogP) is 3.12. The van der Waals surface area contributed by atoms with Crippen LogP contribution in [0.15, 0.2) is 30.7 Å². The molecule has 0 saturated heterocycles. The quantitative estimate of drug-likeness (QED) is 0.532. The number of nitrogens with two attached hydrogens (primary N) is 1. The number of aromatic nitrogens is 3. The Labute approximate surface area is 174 Å². The number of nitrogens with one attached hydrogen (secondary N) is 2. The van der Waals surface area contributed by atoms with E-state index in [4.69, 9.17) is 5.73 Å². The zero-order chi connectivity index (χ0) is 21.3. The fraction of sp³-hybridized carbons (Fsp3) is 0.364. The first kappa shape index (κ1) is 19.9. The number of fused-ring (bicyclic) bond motifs is 1. The summed E-state index contributed by atoms with van der Waals surface area (Å²) in [6.45, 7) is 4.06. The van der Waals surface area contributed by atoms with Crippen molar-refractivity contribution in [2.75, 3.05) is 5.32 Å². The smallest absolute Gasteiger partial charge is 0.251 e. The summed E-state index contributed by atoms with van der Waals surface area (Å²) in [4.78, 5) is 28.9. The second-order valence-corrected chi connectivity index (χ2v) is 7.79. The maximum absolute atomic E-state index is 12.5. The molecule has 0 unspecified atom stereocenters. The van der Waals surface area contributed by atoms with Gasteiger partial charge in [-0.05, 0) is 55.9 Å². The van der Waals surface area contributed by atoms with Crippen molar-refractivity contribution in [1.29, 1.82) is 0 Å². The number of hydrogen-bond donors (Lipinski definition) is 3. The molecule has 0 atom stereocenters. The van der Waals surface area contributed by atoms with E-state index in [1.165, 1.54) is 6.33 Å². The summed E-state index contributed by atoms with van der Waals surface area (Å²) in [7, 11) is 0. The van der Waals surface area contributed by atoms with E-state index in [2.05, 4.69) is 27.6 Å². The minimum Gasteiger partial charge on any atom is -0.366 e. The van der Waals surface area contributed by atoms with Crippen LogP contribution in [0.4, 0.5) is 11.5 Å². The lowest BCUT2D eigenvalue weighted by molar-refractivity contribution is 0.0949. The van der Waals surface area contributed by atoms with Crippen LogP contribution >= 0.6 is 0 Å². The van der Waals surface area contributed by atoms with Crippen molar-refractivity contribution in [3.05, 3.63) is 53.0 Å². The van der Waals surface area contributed by atoms with E-state index < -0.39 is 5.91 Å². The molecule has 4 rings (SSSR count). The molecule has 1 saturated carbocycles. The molecule has 0 aliphatic heterocycles. The van der Waals surface area contributed by atoms with Gasteiger partial charge in [-0.3, -0.25) is 9.59 Å². The van der Waals surface area contributed by atoms with Gasteiger partial charge in [-0.1, -0.05) is 19.4 Å². The molecule has 2 amide bonds. The molecule has 2 aromatic heterocycles. The van der Waals surface area contributed by atoms with Crippen LogP contribution in [0.25, 0.3) is 5.52 Å². The van der Waals surface area contributed by atoms with Crippen LogP contribution in [-0.4, -0.2) is 32.5 Å². The molecule has 1 aliphatic rings. The van der Waals surface area contributed by atoms with E-state index >= 15 is 0 Å². The Morgan fingerprint density at radius 1 is 1.30 bits per heavy atom. The van der Waals surface area contributed by atoms with Crippen LogP contribution in [-0.2, 0) is 6.42 Å². The van der Waals surface area contributed by atoms with Gasteiger partial charge in [-0.2, -0.15) is 5.10 Å². The summed E-state index contributed by atoms with van der Waals surface area (Å²) >= 11 is 0. The van der Waals surface area contributed by atoms with E-state index in [1.54, 1.807) is 10.7 Å². The Bertz CT molecular complexity index is 1120. The lowest BCUT2D eigenvalue weighted by atomic mass is 10.0. The molecule has 0 spiro atoms. The SMILES string of the molecule is CCCCc1c(C(N)=O)cn2ncnc(Nc3cc(C(=O)NC4CC4)ccc3C)c12. The summed E-state index contributed by atoms with van der Waals surface area (Å²) < 4.78 is 1.64. The summed E-state index contributed by atoms with van der Waals surface area (Å²) in [6, 6.07) is 5.86. The number of benzene rings is 1. The third-order valence-corrected chi connectivity index (χ3v) is 5.39. The van der Waals surface area contributed by atoms with E-state index in [1.807, 2.05) is 25.1 Å². The topological polar surface area (TPSA) is 114 Å². The number of aryl methyl sites for hydroxylation is 2. The fourth-order valence-corrected chi connectivity index (χ4v) is 3.51. The Hall–Kier alpha value is -3.42. The Morgan fingerprint density at radius 3 is 2.80 bits per heavy atom. The number of nitrogens with zero attached hydrogens (tertiary/aromatic N) is 3. The predicted molar refractivity (Wildman–Crippen MR) is 115 cm³/mol. The molecule has 8 heteroatoms. The summed E-state index contributed by atoms with van der Waals surface area (Å²) in [5.41, 5.74) is 9.99. The average molecular weight is 406 g/mol. The molecule has 156 valence electrons. The van der Waals surface area contributed by atoms with Gasteiger partial charge in [0.2, 0.25) is 0 Å². The largest absolute Gasteiger partial charge is 0.366 e. The molecule has 3 aromatic rings. The molecule has 2 heterocycles. The molecule has 30 heavy (non-hydrogen) atoms. The average Bonchev–Trinajstić information content (AvgIpc) is 3.45. The highest BCUT2D eigenvalue weighted by atomic mass is 16.2. The number of primary amides is 1. The highest BCUT2D eigenvalue weighted by Gasteiger charge is 2.24. The molecular formula is C22H26N6O2. The number of carbonyl (C=O) groups excluding carboxylic acids is 2. The normalized spacial score (nSPS) is 13.4. The Morgan fingerprint density at radius 2 is 2.10 bits per heavy atom. The molecule has 4 N–H and O–H groups in total. The zero-order valence-corrected chi connectivity index (χ0v) is 17.2. The number of unbranched alkanes of at least 4 members (excludes halogenated alkanes) is 1. The first-order valence-electron chi connectivity index (χ1n) is 10.3. The van der Waals surface area contributed by atoms with Gasteiger partial charge in [-0.15, -0.1) is 0 Å². The Balaban J connectivity index is 1.73. The first-order chi connectivity index (χ1) is 14.5. The number of amides is 2. The molecule has 1 aromatic carbocycles. The highest BCUT2D eigenvalue weighted by Crippen LogP contribution is 2.29. The summed E-state index contributed by atoms with van der Waals surface area (Å²) in [6.07, 6.45) is 7.78. The van der Waals surface area contributed by atoms with Crippen LogP contribution in [0.3, 0.4) is 0 Å². The zero-order valence-electron chi connectivity index (χ0n) is 17.2. The van der Waals surface area contributed by atoms with Crippen molar-refractivity contribution in [1.82, 2.24) is 19.9 Å². The number of anilines is 2. The highest BCUT2D eigenvalue weighted by molar-refractivity contribution is 5.99. The van der Waals surface area contributed by atoms with Crippen LogP contribution in [0, 0.1) is 6.92 Å². The van der Waals surface area contributed by atoms with E-state index in [9.17, 15) is 9.59 Å². The molecule has 0 radical (unpaired) electrons. The molecular weight excluding hydrogens is 380 g/mol. The van der Waals surface area contributed by atoms with Gasteiger partial charge in [-0.25, -0.2) is 9.50 Å². The van der Waals surface area contributed by atoms with Gasteiger partial charge in [0.05, 0.1) is 5.56 Å². The van der Waals surface area contributed by atoms with Gasteiger partial charge in [0.1, 0.15) is 11.8 Å². The monoisotopic (exact) mass is 406 g/mol. The lowest BCUT2D eigenvalue weighted by Crippen LogP contribution is -2.25. The van der Waals surface area contributed by atoms with Gasteiger partial charge >= 0.3 is 0 Å². The first-order valence-corrected chi connectivity index (χ1v) is 10.3. The van der Waals surface area contributed by atoms with E-state index in [0.717, 1.165) is 48.0 Å². The molecule has 1 fully saturated rings. The van der Waals surface area contributed by atoms with Crippen molar-refractivity contribution in [2.45, 2.75) is 52.0 Å². The third kappa shape index (κ3) is 3.98. The number of carbonyl (C=O) groups is 2. The van der Waals surface area contributed by atoms with E-state index in [0.29, 0.717) is 29.4 Å². The van der Waals surface area contributed by atoms with Gasteiger partial charge in [0.25, 0.3) is 11.8 Å². The van der Waals surface area contributed by atoms with Crippen LogP contribution in [0.5, 0.6) is 0 Å². The molecule has 1 aliphatic carbocycles. The van der Waals surface area contributed by atoms with Crippen LogP contribution < -0.4 is 16.4 Å². The maximum atomic E-state index is 12.5. The van der Waals surface area contributed by atoms with Crippen molar-refractivity contribution in [3.63, 3.8) is 0 Å². The number of hydrogen-bond acceptors (Lipinski definition) is 5. The van der Waals surface area contributed by atoms with Crippen molar-refractivity contribution in [2.24, 2.45) is 5.73 Å². The van der Waals surface area contributed by atoms with Gasteiger partial charge in [0.15, 0.2) is 5.82 Å². The Kier molecular flexibility index (Phi) is 5.39. The molecule has 0 bridgehead atoms. The fourth-order valence-electron chi connectivity index (χ4n) is 3.51. The van der Waals surface area contributed by atoms with E-state index in [-0.39, 0.29) is 5.91 Å². The minimum atomic E-state index is -0.479.